The highest BCUT2D eigenvalue weighted by Crippen LogP contribution is 2.32. The van der Waals surface area contributed by atoms with E-state index in [0.717, 1.165) is 29.8 Å². The summed E-state index contributed by atoms with van der Waals surface area (Å²) in [7, 11) is 2.06. The number of hydrogen-bond donors (Lipinski definition) is 0. The number of piperazine rings is 1. The normalized spacial score (nSPS) is 18.0. The maximum absolute atomic E-state index is 13.4. The lowest BCUT2D eigenvalue weighted by Crippen LogP contribution is -2.46. The van der Waals surface area contributed by atoms with E-state index in [1.54, 1.807) is 12.1 Å². The van der Waals surface area contributed by atoms with Gasteiger partial charge in [0.05, 0.1) is 5.57 Å². The molecule has 156 valence electrons. The average Bonchev–Trinajstić information content (AvgIpc) is 2.99. The first-order chi connectivity index (χ1) is 14.4. The number of benzene rings is 2. The maximum atomic E-state index is 13.4. The van der Waals surface area contributed by atoms with Crippen molar-refractivity contribution in [3.63, 3.8) is 0 Å². The summed E-state index contributed by atoms with van der Waals surface area (Å²) in [5.41, 5.74) is 3.77. The van der Waals surface area contributed by atoms with Crippen LogP contribution in [0.4, 0.5) is 4.39 Å². The first-order valence-corrected chi connectivity index (χ1v) is 10.3. The Morgan fingerprint density at radius 3 is 2.13 bits per heavy atom. The van der Waals surface area contributed by atoms with E-state index in [9.17, 15) is 14.0 Å². The zero-order chi connectivity index (χ0) is 21.3. The Hall–Kier alpha value is -2.99. The van der Waals surface area contributed by atoms with E-state index in [1.165, 1.54) is 17.0 Å². The molecule has 0 spiro atoms. The van der Waals surface area contributed by atoms with Crippen molar-refractivity contribution in [3.05, 3.63) is 76.7 Å². The Balaban J connectivity index is 1.63. The molecular weight excluding hydrogens is 381 g/mol. The van der Waals surface area contributed by atoms with Crippen LogP contribution in [-0.4, -0.2) is 66.3 Å². The first kappa shape index (κ1) is 20.3. The third kappa shape index (κ3) is 4.00. The van der Waals surface area contributed by atoms with Crippen molar-refractivity contribution in [2.75, 3.05) is 39.8 Å². The molecule has 2 aromatic carbocycles. The Bertz CT molecular complexity index is 975. The van der Waals surface area contributed by atoms with Crippen LogP contribution in [-0.2, 0) is 16.0 Å². The predicted octanol–water partition coefficient (Wildman–Crippen LogP) is 2.70. The van der Waals surface area contributed by atoms with Gasteiger partial charge in [0.15, 0.2) is 0 Å². The third-order valence-electron chi connectivity index (χ3n) is 5.84. The summed E-state index contributed by atoms with van der Waals surface area (Å²) in [5, 5.41) is 0. The van der Waals surface area contributed by atoms with Crippen LogP contribution in [0.3, 0.4) is 0 Å². The monoisotopic (exact) mass is 407 g/mol. The first-order valence-electron chi connectivity index (χ1n) is 10.3. The van der Waals surface area contributed by atoms with Gasteiger partial charge in [0.25, 0.3) is 11.8 Å². The molecule has 0 aromatic heterocycles. The van der Waals surface area contributed by atoms with Crippen molar-refractivity contribution < 1.29 is 14.0 Å². The second kappa shape index (κ2) is 8.40. The molecule has 2 amide bonds. The third-order valence-corrected chi connectivity index (χ3v) is 5.84. The van der Waals surface area contributed by atoms with Crippen molar-refractivity contribution in [1.29, 1.82) is 0 Å². The smallest absolute Gasteiger partial charge is 0.277 e. The quantitative estimate of drug-likeness (QED) is 0.715. The zero-order valence-electron chi connectivity index (χ0n) is 17.4. The van der Waals surface area contributed by atoms with Crippen LogP contribution in [0.25, 0.3) is 5.57 Å². The van der Waals surface area contributed by atoms with Gasteiger partial charge in [-0.25, -0.2) is 4.39 Å². The molecule has 1 fully saturated rings. The number of nitrogens with zero attached hydrogens (tertiary/aromatic N) is 3. The van der Waals surface area contributed by atoms with Gasteiger partial charge < -0.3 is 9.80 Å². The van der Waals surface area contributed by atoms with Crippen molar-refractivity contribution >= 4 is 17.4 Å². The van der Waals surface area contributed by atoms with Gasteiger partial charge in [-0.15, -0.1) is 0 Å². The molecule has 0 aliphatic carbocycles. The van der Waals surface area contributed by atoms with Gasteiger partial charge in [-0.05, 0) is 43.7 Å². The van der Waals surface area contributed by atoms with Gasteiger partial charge in [-0.1, -0.05) is 42.0 Å². The lowest BCUT2D eigenvalue weighted by Gasteiger charge is -2.34. The molecule has 0 radical (unpaired) electrons. The van der Waals surface area contributed by atoms with Gasteiger partial charge in [0, 0.05) is 32.7 Å². The number of likely N-dealkylation sites (N-methyl/N-ethyl adjacent to an activating group) is 1. The Morgan fingerprint density at radius 2 is 1.50 bits per heavy atom. The highest BCUT2D eigenvalue weighted by Gasteiger charge is 2.41. The number of carbonyl (C=O) groups excluding carboxylic acids is 2. The van der Waals surface area contributed by atoms with E-state index in [-0.39, 0.29) is 24.2 Å². The molecule has 2 aromatic rings. The molecule has 2 aliphatic rings. The summed E-state index contributed by atoms with van der Waals surface area (Å²) >= 11 is 0. The molecule has 0 atom stereocenters. The predicted molar refractivity (Wildman–Crippen MR) is 114 cm³/mol. The van der Waals surface area contributed by atoms with E-state index < -0.39 is 0 Å². The Kier molecular flexibility index (Phi) is 5.68. The van der Waals surface area contributed by atoms with E-state index in [4.69, 9.17) is 0 Å². The van der Waals surface area contributed by atoms with Crippen LogP contribution in [0.5, 0.6) is 0 Å². The Morgan fingerprint density at radius 1 is 0.867 bits per heavy atom. The van der Waals surface area contributed by atoms with Gasteiger partial charge in [0.1, 0.15) is 11.5 Å². The minimum atomic E-state index is -0.298. The van der Waals surface area contributed by atoms with Gasteiger partial charge in [0.2, 0.25) is 0 Å². The van der Waals surface area contributed by atoms with Crippen molar-refractivity contribution in [2.45, 2.75) is 13.3 Å². The second-order valence-corrected chi connectivity index (χ2v) is 8.02. The number of imide groups is 1. The minimum absolute atomic E-state index is 0.234. The summed E-state index contributed by atoms with van der Waals surface area (Å²) in [5.74, 6) is -0.783. The summed E-state index contributed by atoms with van der Waals surface area (Å²) in [4.78, 5) is 32.3. The maximum Gasteiger partial charge on any atom is 0.277 e. The number of aryl methyl sites for hydroxylation is 1. The molecule has 4 rings (SSSR count). The molecule has 0 unspecified atom stereocenters. The van der Waals surface area contributed by atoms with Crippen LogP contribution >= 0.6 is 0 Å². The van der Waals surface area contributed by atoms with Crippen molar-refractivity contribution in [1.82, 2.24) is 14.7 Å². The van der Waals surface area contributed by atoms with Crippen molar-refractivity contribution in [2.24, 2.45) is 0 Å². The lowest BCUT2D eigenvalue weighted by atomic mass is 10.0. The highest BCUT2D eigenvalue weighted by atomic mass is 19.1. The molecule has 2 aliphatic heterocycles. The number of hydrogen-bond acceptors (Lipinski definition) is 4. The van der Waals surface area contributed by atoms with Crippen molar-refractivity contribution in [3.8, 4) is 0 Å². The molecule has 30 heavy (non-hydrogen) atoms. The van der Waals surface area contributed by atoms with Crippen LogP contribution in [0, 0.1) is 12.7 Å². The summed E-state index contributed by atoms with van der Waals surface area (Å²) < 4.78 is 13.2. The van der Waals surface area contributed by atoms with E-state index in [1.807, 2.05) is 36.1 Å². The van der Waals surface area contributed by atoms with Gasteiger partial charge >= 0.3 is 0 Å². The van der Waals surface area contributed by atoms with Gasteiger partial charge in [-0.3, -0.25) is 14.5 Å². The topological polar surface area (TPSA) is 43.9 Å². The largest absolute Gasteiger partial charge is 0.364 e. The van der Waals surface area contributed by atoms with Crippen LogP contribution in [0.1, 0.15) is 16.7 Å². The van der Waals surface area contributed by atoms with E-state index in [2.05, 4.69) is 11.9 Å². The fourth-order valence-corrected chi connectivity index (χ4v) is 3.96. The second-order valence-electron chi connectivity index (χ2n) is 8.02. The minimum Gasteiger partial charge on any atom is -0.364 e. The standard InChI is InChI=1S/C24H26FN3O2/c1-17-3-7-19(8-4-17)21-22(27-15-13-26(2)14-16-27)24(30)28(23(21)29)12-11-18-5-9-20(25)10-6-18/h3-10H,11-16H2,1-2H3. The van der Waals surface area contributed by atoms with E-state index in [0.29, 0.717) is 30.8 Å². The van der Waals surface area contributed by atoms with Crippen LogP contribution in [0.15, 0.2) is 54.2 Å². The fourth-order valence-electron chi connectivity index (χ4n) is 3.96. The zero-order valence-corrected chi connectivity index (χ0v) is 17.4. The fraction of sp³-hybridized carbons (Fsp3) is 0.333. The summed E-state index contributed by atoms with van der Waals surface area (Å²) in [6.45, 7) is 5.40. The highest BCUT2D eigenvalue weighted by molar-refractivity contribution is 6.35. The summed E-state index contributed by atoms with van der Waals surface area (Å²) in [6.07, 6.45) is 0.495. The molecule has 5 nitrogen and oxygen atoms in total. The lowest BCUT2D eigenvalue weighted by molar-refractivity contribution is -0.137. The number of carbonyl (C=O) groups is 2. The molecule has 2 heterocycles. The number of amides is 2. The molecule has 6 heteroatoms. The SMILES string of the molecule is Cc1ccc(C2=C(N3CCN(C)CC3)C(=O)N(CCc3ccc(F)cc3)C2=O)cc1. The van der Waals surface area contributed by atoms with E-state index >= 15 is 0 Å². The Labute approximate surface area is 176 Å². The van der Waals surface area contributed by atoms with Crippen LogP contribution < -0.4 is 0 Å². The number of rotatable bonds is 5. The molecule has 0 saturated carbocycles. The molecule has 0 N–H and O–H groups in total. The molecule has 1 saturated heterocycles. The number of halogens is 1. The average molecular weight is 407 g/mol. The molecule has 0 bridgehead atoms. The van der Waals surface area contributed by atoms with Gasteiger partial charge in [-0.2, -0.15) is 0 Å². The summed E-state index contributed by atoms with van der Waals surface area (Å²) in [6, 6.07) is 13.9. The van der Waals surface area contributed by atoms with Crippen LogP contribution in [0.2, 0.25) is 0 Å². The molecular formula is C24H26FN3O2.